The first-order valence-corrected chi connectivity index (χ1v) is 9.29. The lowest BCUT2D eigenvalue weighted by molar-refractivity contribution is -0.384. The Bertz CT molecular complexity index is 1290. The number of hydrogen-bond donors (Lipinski definition) is 3. The Hall–Kier alpha value is -4.53. The minimum atomic E-state index is -4.64. The standard InChI is InChI=1S/C18H11ClF3N7O5/c19-12-5-4-9(6-13(12)28(31)32)17(30)27-26-16-14(29(33)34)15(23-8-24-16)25-11-3-1-2-10(7-11)18(20,21)22/h1-8H,(H,27,30)(H2,23,24,25,26). The molecule has 3 rings (SSSR count). The number of carbonyl (C=O) groups is 1. The van der Waals surface area contributed by atoms with Crippen LogP contribution in [0.1, 0.15) is 15.9 Å². The van der Waals surface area contributed by atoms with Gasteiger partial charge >= 0.3 is 11.9 Å². The molecule has 0 unspecified atom stereocenters. The molecule has 34 heavy (non-hydrogen) atoms. The van der Waals surface area contributed by atoms with Gasteiger partial charge in [0.25, 0.3) is 11.6 Å². The van der Waals surface area contributed by atoms with Crippen molar-refractivity contribution in [2.45, 2.75) is 6.18 Å². The lowest BCUT2D eigenvalue weighted by atomic mass is 10.2. The third-order valence-electron chi connectivity index (χ3n) is 4.16. The maximum Gasteiger partial charge on any atom is 0.416 e. The number of nitro groups is 2. The van der Waals surface area contributed by atoms with Crippen molar-refractivity contribution in [1.82, 2.24) is 15.4 Å². The molecule has 0 aliphatic rings. The summed E-state index contributed by atoms with van der Waals surface area (Å²) >= 11 is 5.69. The normalized spacial score (nSPS) is 10.9. The second-order valence-corrected chi connectivity index (χ2v) is 6.79. The molecular weight excluding hydrogens is 487 g/mol. The zero-order valence-corrected chi connectivity index (χ0v) is 17.2. The number of nitro benzene ring substituents is 1. The third kappa shape index (κ3) is 5.44. The third-order valence-corrected chi connectivity index (χ3v) is 4.48. The number of anilines is 3. The molecule has 0 aliphatic carbocycles. The van der Waals surface area contributed by atoms with E-state index < -0.39 is 50.5 Å². The number of nitrogens with one attached hydrogen (secondary N) is 3. The molecule has 0 saturated heterocycles. The van der Waals surface area contributed by atoms with Crippen LogP contribution in [-0.4, -0.2) is 25.7 Å². The van der Waals surface area contributed by atoms with E-state index in [0.717, 1.165) is 36.7 Å². The molecule has 16 heteroatoms. The highest BCUT2D eigenvalue weighted by atomic mass is 35.5. The van der Waals surface area contributed by atoms with Crippen molar-refractivity contribution in [3.05, 3.63) is 85.2 Å². The summed E-state index contributed by atoms with van der Waals surface area (Å²) in [6.45, 7) is 0. The van der Waals surface area contributed by atoms with Gasteiger partial charge < -0.3 is 5.32 Å². The van der Waals surface area contributed by atoms with Crippen LogP contribution >= 0.6 is 11.6 Å². The molecule has 1 heterocycles. The number of aromatic nitrogens is 2. The van der Waals surface area contributed by atoms with Crippen LogP contribution in [0.5, 0.6) is 0 Å². The number of halogens is 4. The average molecular weight is 498 g/mol. The number of benzene rings is 2. The Morgan fingerprint density at radius 3 is 2.35 bits per heavy atom. The van der Waals surface area contributed by atoms with E-state index in [0.29, 0.717) is 0 Å². The molecule has 1 amide bonds. The Balaban J connectivity index is 1.85. The molecule has 0 bridgehead atoms. The maximum atomic E-state index is 12.9. The molecule has 0 atom stereocenters. The first-order valence-electron chi connectivity index (χ1n) is 8.91. The number of hydrazine groups is 1. The molecule has 2 aromatic carbocycles. The number of hydrogen-bond acceptors (Lipinski definition) is 9. The van der Waals surface area contributed by atoms with Gasteiger partial charge in [-0.3, -0.25) is 35.9 Å². The van der Waals surface area contributed by atoms with Crippen molar-refractivity contribution >= 4 is 46.2 Å². The van der Waals surface area contributed by atoms with Gasteiger partial charge in [0.15, 0.2) is 0 Å². The second kappa shape index (κ2) is 9.53. The highest BCUT2D eigenvalue weighted by Gasteiger charge is 2.31. The average Bonchev–Trinajstić information content (AvgIpc) is 2.77. The van der Waals surface area contributed by atoms with E-state index in [2.05, 4.69) is 26.1 Å². The minimum absolute atomic E-state index is 0.139. The van der Waals surface area contributed by atoms with Gasteiger partial charge in [-0.15, -0.1) is 0 Å². The van der Waals surface area contributed by atoms with E-state index in [9.17, 15) is 38.2 Å². The molecule has 0 radical (unpaired) electrons. The van der Waals surface area contributed by atoms with Crippen LogP contribution in [0.25, 0.3) is 0 Å². The predicted molar refractivity (Wildman–Crippen MR) is 113 cm³/mol. The van der Waals surface area contributed by atoms with Crippen molar-refractivity contribution in [1.29, 1.82) is 0 Å². The molecule has 12 nitrogen and oxygen atoms in total. The largest absolute Gasteiger partial charge is 0.416 e. The monoisotopic (exact) mass is 497 g/mol. The van der Waals surface area contributed by atoms with E-state index in [1.54, 1.807) is 0 Å². The van der Waals surface area contributed by atoms with Crippen molar-refractivity contribution in [3.8, 4) is 0 Å². The van der Waals surface area contributed by atoms with Crippen LogP contribution in [-0.2, 0) is 6.18 Å². The zero-order valence-electron chi connectivity index (χ0n) is 16.5. The highest BCUT2D eigenvalue weighted by molar-refractivity contribution is 6.32. The van der Waals surface area contributed by atoms with Crippen LogP contribution in [0.2, 0.25) is 5.02 Å². The topological polar surface area (TPSA) is 165 Å². The summed E-state index contributed by atoms with van der Waals surface area (Å²) in [5.41, 5.74) is 1.65. The summed E-state index contributed by atoms with van der Waals surface area (Å²) < 4.78 is 38.8. The van der Waals surface area contributed by atoms with Crippen molar-refractivity contribution in [3.63, 3.8) is 0 Å². The Morgan fingerprint density at radius 2 is 1.71 bits per heavy atom. The first-order chi connectivity index (χ1) is 16.0. The van der Waals surface area contributed by atoms with Crippen molar-refractivity contribution < 1.29 is 27.8 Å². The summed E-state index contributed by atoms with van der Waals surface area (Å²) in [4.78, 5) is 40.5. The molecule has 0 saturated carbocycles. The fraction of sp³-hybridized carbons (Fsp3) is 0.0556. The van der Waals surface area contributed by atoms with Gasteiger partial charge in [0.05, 0.1) is 15.4 Å². The minimum Gasteiger partial charge on any atom is -0.334 e. The molecule has 0 aliphatic heterocycles. The SMILES string of the molecule is O=C(NNc1ncnc(Nc2cccc(C(F)(F)F)c2)c1[N+](=O)[O-])c1ccc(Cl)c([N+](=O)[O-])c1. The van der Waals surface area contributed by atoms with Crippen LogP contribution in [0, 0.1) is 20.2 Å². The number of carbonyl (C=O) groups excluding carboxylic acids is 1. The first kappa shape index (κ1) is 24.1. The summed E-state index contributed by atoms with van der Waals surface area (Å²) in [6.07, 6.45) is -3.77. The van der Waals surface area contributed by atoms with Gasteiger partial charge in [-0.2, -0.15) is 13.2 Å². The van der Waals surface area contributed by atoms with E-state index in [-0.39, 0.29) is 16.3 Å². The van der Waals surface area contributed by atoms with Gasteiger partial charge in [0, 0.05) is 17.3 Å². The van der Waals surface area contributed by atoms with Crippen molar-refractivity contribution in [2.75, 3.05) is 10.7 Å². The molecule has 176 valence electrons. The van der Waals surface area contributed by atoms with Crippen LogP contribution < -0.4 is 16.2 Å². The smallest absolute Gasteiger partial charge is 0.334 e. The second-order valence-electron chi connectivity index (χ2n) is 6.38. The quantitative estimate of drug-likeness (QED) is 0.315. The van der Waals surface area contributed by atoms with Gasteiger partial charge in [-0.1, -0.05) is 17.7 Å². The Kier molecular flexibility index (Phi) is 6.76. The summed E-state index contributed by atoms with van der Waals surface area (Å²) in [5.74, 6) is -1.88. The van der Waals surface area contributed by atoms with E-state index >= 15 is 0 Å². The molecule has 0 fully saturated rings. The summed E-state index contributed by atoms with van der Waals surface area (Å²) in [7, 11) is 0. The zero-order chi connectivity index (χ0) is 25.0. The lowest BCUT2D eigenvalue weighted by Crippen LogP contribution is -2.30. The summed E-state index contributed by atoms with van der Waals surface area (Å²) in [5, 5.41) is 24.8. The molecule has 1 aromatic heterocycles. The predicted octanol–water partition coefficient (Wildman–Crippen LogP) is 4.47. The Labute approximate surface area is 192 Å². The fourth-order valence-corrected chi connectivity index (χ4v) is 2.81. The van der Waals surface area contributed by atoms with Gasteiger partial charge in [-0.25, -0.2) is 9.97 Å². The fourth-order valence-electron chi connectivity index (χ4n) is 2.63. The Morgan fingerprint density at radius 1 is 1.00 bits per heavy atom. The van der Waals surface area contributed by atoms with Crippen LogP contribution in [0.3, 0.4) is 0 Å². The maximum absolute atomic E-state index is 12.9. The van der Waals surface area contributed by atoms with Gasteiger partial charge in [0.2, 0.25) is 11.6 Å². The van der Waals surface area contributed by atoms with E-state index in [4.69, 9.17) is 11.6 Å². The van der Waals surface area contributed by atoms with E-state index in [1.807, 2.05) is 0 Å². The van der Waals surface area contributed by atoms with Crippen LogP contribution in [0.4, 0.5) is 41.9 Å². The van der Waals surface area contributed by atoms with E-state index in [1.165, 1.54) is 12.1 Å². The lowest BCUT2D eigenvalue weighted by Gasteiger charge is -2.12. The summed E-state index contributed by atoms with van der Waals surface area (Å²) in [6, 6.07) is 7.10. The van der Waals surface area contributed by atoms with Crippen LogP contribution in [0.15, 0.2) is 48.8 Å². The van der Waals surface area contributed by atoms with Crippen molar-refractivity contribution in [2.24, 2.45) is 0 Å². The molecule has 3 N–H and O–H groups in total. The molecule has 0 spiro atoms. The number of nitrogens with zero attached hydrogens (tertiary/aromatic N) is 4. The van der Waals surface area contributed by atoms with Gasteiger partial charge in [-0.05, 0) is 30.3 Å². The number of rotatable bonds is 7. The number of amides is 1. The molecular formula is C18H11ClF3N7O5. The van der Waals surface area contributed by atoms with Gasteiger partial charge in [0.1, 0.15) is 11.3 Å². The number of alkyl halides is 3. The molecule has 3 aromatic rings. The highest BCUT2D eigenvalue weighted by Crippen LogP contribution is 2.34.